The number of alkyl carbamates (subject to hydrolysis) is 1. The van der Waals surface area contributed by atoms with Crippen molar-refractivity contribution in [1.82, 2.24) is 5.32 Å². The van der Waals surface area contributed by atoms with Crippen molar-refractivity contribution in [3.63, 3.8) is 0 Å². The Kier molecular flexibility index (Phi) is 5.59. The highest BCUT2D eigenvalue weighted by Crippen LogP contribution is 2.02. The lowest BCUT2D eigenvalue weighted by atomic mass is 10.1. The smallest absolute Gasteiger partial charge is 0.413 e. The van der Waals surface area contributed by atoms with Crippen LogP contribution in [0, 0.1) is 5.92 Å². The molecular formula is C9H15NO3. The van der Waals surface area contributed by atoms with Gasteiger partial charge in [-0.3, -0.25) is 10.1 Å². The highest BCUT2D eigenvalue weighted by atomic mass is 16.5. The third kappa shape index (κ3) is 5.90. The van der Waals surface area contributed by atoms with Crippen LogP contribution in [0.15, 0.2) is 12.2 Å². The van der Waals surface area contributed by atoms with Crippen LogP contribution in [-0.2, 0) is 9.53 Å². The minimum absolute atomic E-state index is 0.134. The van der Waals surface area contributed by atoms with Gasteiger partial charge >= 0.3 is 6.09 Å². The Morgan fingerprint density at radius 2 is 2.15 bits per heavy atom. The Morgan fingerprint density at radius 1 is 1.54 bits per heavy atom. The lowest BCUT2D eigenvalue weighted by Gasteiger charge is -2.05. The van der Waals surface area contributed by atoms with Crippen LogP contribution < -0.4 is 5.32 Å². The summed E-state index contributed by atoms with van der Waals surface area (Å²) in [7, 11) is 1.22. The second kappa shape index (κ2) is 6.22. The van der Waals surface area contributed by atoms with Gasteiger partial charge in [0.1, 0.15) is 0 Å². The summed E-state index contributed by atoms with van der Waals surface area (Å²) in [5.41, 5.74) is 0. The van der Waals surface area contributed by atoms with Crippen LogP contribution in [0.4, 0.5) is 4.79 Å². The Balaban J connectivity index is 3.80. The van der Waals surface area contributed by atoms with Gasteiger partial charge in [-0.1, -0.05) is 19.1 Å². The molecule has 0 spiro atoms. The van der Waals surface area contributed by atoms with Gasteiger partial charge in [0.25, 0.3) is 0 Å². The molecule has 0 saturated heterocycles. The summed E-state index contributed by atoms with van der Waals surface area (Å²) in [5.74, 6) is -0.188. The molecule has 13 heavy (non-hydrogen) atoms. The molecule has 0 aromatic carbocycles. The molecule has 0 fully saturated rings. The monoisotopic (exact) mass is 185 g/mol. The fraction of sp³-hybridized carbons (Fsp3) is 0.556. The van der Waals surface area contributed by atoms with Crippen molar-refractivity contribution in [2.75, 3.05) is 7.11 Å². The van der Waals surface area contributed by atoms with E-state index in [1.807, 2.05) is 26.0 Å². The van der Waals surface area contributed by atoms with E-state index >= 15 is 0 Å². The summed E-state index contributed by atoms with van der Waals surface area (Å²) in [6, 6.07) is 0. The first kappa shape index (κ1) is 11.7. The second-order valence-electron chi connectivity index (χ2n) is 2.75. The summed E-state index contributed by atoms with van der Waals surface area (Å²) in [5, 5.41) is 2.08. The van der Waals surface area contributed by atoms with E-state index in [2.05, 4.69) is 10.1 Å². The molecule has 0 aromatic rings. The van der Waals surface area contributed by atoms with Gasteiger partial charge in [-0.05, 0) is 12.8 Å². The van der Waals surface area contributed by atoms with Crippen LogP contribution in [-0.4, -0.2) is 19.1 Å². The lowest BCUT2D eigenvalue weighted by molar-refractivity contribution is -0.120. The minimum atomic E-state index is -0.710. The molecule has 1 atom stereocenters. The van der Waals surface area contributed by atoms with Crippen LogP contribution in [0.2, 0.25) is 0 Å². The maximum Gasteiger partial charge on any atom is 0.413 e. The average molecular weight is 185 g/mol. The van der Waals surface area contributed by atoms with Gasteiger partial charge in [-0.25, -0.2) is 4.79 Å². The number of allylic oxidation sites excluding steroid dienone is 2. The standard InChI is InChI=1S/C9H15NO3/c1-4-5-7(2)6-8(11)10-9(12)13-3/h4-5,7H,6H2,1-3H3,(H,10,11,12)/b5-4+. The van der Waals surface area contributed by atoms with Crippen molar-refractivity contribution in [3.8, 4) is 0 Å². The molecule has 0 rings (SSSR count). The molecule has 4 nitrogen and oxygen atoms in total. The average Bonchev–Trinajstić information content (AvgIpc) is 2.04. The van der Waals surface area contributed by atoms with E-state index in [0.717, 1.165) is 0 Å². The first-order valence-electron chi connectivity index (χ1n) is 4.10. The highest BCUT2D eigenvalue weighted by molar-refractivity contribution is 5.91. The third-order valence-electron chi connectivity index (χ3n) is 1.46. The lowest BCUT2D eigenvalue weighted by Crippen LogP contribution is -2.30. The zero-order valence-corrected chi connectivity index (χ0v) is 8.16. The van der Waals surface area contributed by atoms with E-state index in [1.165, 1.54) is 7.11 Å². The maximum absolute atomic E-state index is 11.1. The predicted molar refractivity (Wildman–Crippen MR) is 49.1 cm³/mol. The molecule has 74 valence electrons. The fourth-order valence-electron chi connectivity index (χ4n) is 0.905. The largest absolute Gasteiger partial charge is 0.453 e. The van der Waals surface area contributed by atoms with Crippen molar-refractivity contribution < 1.29 is 14.3 Å². The van der Waals surface area contributed by atoms with Crippen molar-refractivity contribution in [2.45, 2.75) is 20.3 Å². The second-order valence-corrected chi connectivity index (χ2v) is 2.75. The molecule has 0 radical (unpaired) electrons. The van der Waals surface area contributed by atoms with Crippen LogP contribution in [0.3, 0.4) is 0 Å². The Bertz CT molecular complexity index is 211. The van der Waals surface area contributed by atoms with Crippen LogP contribution in [0.1, 0.15) is 20.3 Å². The van der Waals surface area contributed by atoms with Crippen molar-refractivity contribution in [2.24, 2.45) is 5.92 Å². The summed E-state index contributed by atoms with van der Waals surface area (Å²) in [4.78, 5) is 21.6. The Morgan fingerprint density at radius 3 is 2.62 bits per heavy atom. The minimum Gasteiger partial charge on any atom is -0.453 e. The number of methoxy groups -OCH3 is 1. The molecule has 0 aromatic heterocycles. The van der Waals surface area contributed by atoms with Gasteiger partial charge in [-0.2, -0.15) is 0 Å². The zero-order valence-electron chi connectivity index (χ0n) is 8.16. The molecule has 1 N–H and O–H groups in total. The number of imide groups is 1. The normalized spacial score (nSPS) is 12.5. The number of ether oxygens (including phenoxy) is 1. The van der Waals surface area contributed by atoms with E-state index in [4.69, 9.17) is 0 Å². The van der Waals surface area contributed by atoms with Crippen molar-refractivity contribution in [3.05, 3.63) is 12.2 Å². The summed E-state index contributed by atoms with van der Waals surface area (Å²) >= 11 is 0. The molecule has 0 bridgehead atoms. The molecular weight excluding hydrogens is 170 g/mol. The predicted octanol–water partition coefficient (Wildman–Crippen LogP) is 1.47. The topological polar surface area (TPSA) is 55.4 Å². The van der Waals surface area contributed by atoms with Crippen LogP contribution in [0.25, 0.3) is 0 Å². The van der Waals surface area contributed by atoms with Gasteiger partial charge < -0.3 is 4.74 Å². The Labute approximate surface area is 78.0 Å². The number of rotatable bonds is 3. The molecule has 0 aliphatic heterocycles. The summed E-state index contributed by atoms with van der Waals surface area (Å²) < 4.78 is 4.27. The molecule has 0 aliphatic rings. The fourth-order valence-corrected chi connectivity index (χ4v) is 0.905. The van der Waals surface area contributed by atoms with E-state index in [9.17, 15) is 9.59 Å². The van der Waals surface area contributed by atoms with Crippen LogP contribution in [0.5, 0.6) is 0 Å². The SMILES string of the molecule is C/C=C/C(C)CC(=O)NC(=O)OC. The van der Waals surface area contributed by atoms with Crippen LogP contribution >= 0.6 is 0 Å². The summed E-state index contributed by atoms with van der Waals surface area (Å²) in [6.07, 6.45) is 3.35. The van der Waals surface area contributed by atoms with Gasteiger partial charge in [0.05, 0.1) is 7.11 Å². The van der Waals surface area contributed by atoms with Gasteiger partial charge in [0.15, 0.2) is 0 Å². The number of amides is 2. The van der Waals surface area contributed by atoms with Gasteiger partial charge in [-0.15, -0.1) is 0 Å². The van der Waals surface area contributed by atoms with E-state index < -0.39 is 6.09 Å². The van der Waals surface area contributed by atoms with E-state index in [-0.39, 0.29) is 11.8 Å². The number of hydrogen-bond donors (Lipinski definition) is 1. The maximum atomic E-state index is 11.1. The van der Waals surface area contributed by atoms with Gasteiger partial charge in [0.2, 0.25) is 5.91 Å². The number of nitrogens with one attached hydrogen (secondary N) is 1. The van der Waals surface area contributed by atoms with E-state index in [1.54, 1.807) is 0 Å². The van der Waals surface area contributed by atoms with Gasteiger partial charge in [0, 0.05) is 6.42 Å². The number of carbonyl (C=O) groups excluding carboxylic acids is 2. The number of hydrogen-bond acceptors (Lipinski definition) is 3. The molecule has 0 saturated carbocycles. The Hall–Kier alpha value is -1.32. The first-order valence-corrected chi connectivity index (χ1v) is 4.10. The van der Waals surface area contributed by atoms with Crippen molar-refractivity contribution >= 4 is 12.0 Å². The molecule has 4 heteroatoms. The highest BCUT2D eigenvalue weighted by Gasteiger charge is 2.09. The molecule has 1 unspecified atom stereocenters. The molecule has 0 heterocycles. The van der Waals surface area contributed by atoms with E-state index in [0.29, 0.717) is 6.42 Å². The van der Waals surface area contributed by atoms with Crippen molar-refractivity contribution in [1.29, 1.82) is 0 Å². The molecule has 0 aliphatic carbocycles. The molecule has 2 amide bonds. The third-order valence-corrected chi connectivity index (χ3v) is 1.46. The zero-order chi connectivity index (χ0) is 10.3. The first-order chi connectivity index (χ1) is 6.10. The quantitative estimate of drug-likeness (QED) is 0.677. The number of carbonyl (C=O) groups is 2. The summed E-state index contributed by atoms with van der Waals surface area (Å²) in [6.45, 7) is 3.78.